The molecule has 0 aliphatic heterocycles. The van der Waals surface area contributed by atoms with Crippen LogP contribution in [0.4, 0.5) is 5.69 Å². The summed E-state index contributed by atoms with van der Waals surface area (Å²) in [6.07, 6.45) is 0. The van der Waals surface area contributed by atoms with Gasteiger partial charge < -0.3 is 19.5 Å². The summed E-state index contributed by atoms with van der Waals surface area (Å²) in [5, 5.41) is 2.88. The van der Waals surface area contributed by atoms with Gasteiger partial charge in [0.1, 0.15) is 17.1 Å². The van der Waals surface area contributed by atoms with Crippen LogP contribution in [0.1, 0.15) is 27.6 Å². The van der Waals surface area contributed by atoms with Crippen molar-refractivity contribution in [3.05, 3.63) is 52.5 Å². The second-order valence-electron chi connectivity index (χ2n) is 4.91. The molecule has 1 amide bonds. The van der Waals surface area contributed by atoms with Crippen LogP contribution in [0.3, 0.4) is 0 Å². The van der Waals surface area contributed by atoms with Crippen molar-refractivity contribution in [3.8, 4) is 11.5 Å². The maximum atomic E-state index is 12.6. The van der Waals surface area contributed by atoms with Crippen molar-refractivity contribution >= 4 is 29.2 Å². The van der Waals surface area contributed by atoms with Gasteiger partial charge in [0, 0.05) is 6.07 Å². The lowest BCUT2D eigenvalue weighted by Crippen LogP contribution is -2.14. The smallest absolute Gasteiger partial charge is 0.341 e. The normalized spacial score (nSPS) is 10.1. The van der Waals surface area contributed by atoms with Gasteiger partial charge in [-0.05, 0) is 25.1 Å². The van der Waals surface area contributed by atoms with E-state index in [4.69, 9.17) is 21.1 Å². The summed E-state index contributed by atoms with van der Waals surface area (Å²) >= 11 is 6.18. The van der Waals surface area contributed by atoms with Crippen LogP contribution >= 0.6 is 11.6 Å². The number of para-hydroxylation sites is 1. The third kappa shape index (κ3) is 4.22. The second kappa shape index (κ2) is 8.39. The molecule has 0 radical (unpaired) electrons. The van der Waals surface area contributed by atoms with Gasteiger partial charge in [0.15, 0.2) is 0 Å². The number of nitrogens with one attached hydrogen (secondary N) is 1. The number of amides is 1. The Bertz CT molecular complexity index is 791. The summed E-state index contributed by atoms with van der Waals surface area (Å²) in [5.41, 5.74) is 0.849. The zero-order valence-corrected chi connectivity index (χ0v) is 14.8. The van der Waals surface area contributed by atoms with Gasteiger partial charge in [-0.3, -0.25) is 4.79 Å². The van der Waals surface area contributed by atoms with Gasteiger partial charge in [-0.2, -0.15) is 0 Å². The fourth-order valence-electron chi connectivity index (χ4n) is 2.21. The molecule has 0 aliphatic carbocycles. The molecular weight excluding hydrogens is 346 g/mol. The van der Waals surface area contributed by atoms with Gasteiger partial charge in [-0.1, -0.05) is 23.7 Å². The number of carbonyl (C=O) groups is 2. The Kier molecular flexibility index (Phi) is 6.25. The number of esters is 1. The predicted octanol–water partition coefficient (Wildman–Crippen LogP) is 3.79. The van der Waals surface area contributed by atoms with Gasteiger partial charge in [-0.25, -0.2) is 4.79 Å². The van der Waals surface area contributed by atoms with Crippen LogP contribution in [0.2, 0.25) is 5.02 Å². The third-order valence-corrected chi connectivity index (χ3v) is 3.69. The first-order chi connectivity index (χ1) is 12.0. The Morgan fingerprint density at radius 2 is 1.80 bits per heavy atom. The molecule has 7 heteroatoms. The van der Waals surface area contributed by atoms with E-state index in [1.165, 1.54) is 26.4 Å². The van der Waals surface area contributed by atoms with Crippen molar-refractivity contribution in [2.75, 3.05) is 26.1 Å². The first-order valence-electron chi connectivity index (χ1n) is 7.50. The highest BCUT2D eigenvalue weighted by Gasteiger charge is 2.19. The minimum atomic E-state index is -0.585. The van der Waals surface area contributed by atoms with Crippen LogP contribution in [0.15, 0.2) is 36.4 Å². The van der Waals surface area contributed by atoms with Crippen molar-refractivity contribution in [1.82, 2.24) is 0 Å². The predicted molar refractivity (Wildman–Crippen MR) is 94.9 cm³/mol. The number of ether oxygens (including phenoxy) is 3. The molecule has 0 bridgehead atoms. The lowest BCUT2D eigenvalue weighted by molar-refractivity contribution is 0.0597. The SMILES string of the molecule is CCOc1ccccc1C(=O)Nc1cc(OC)c(C(=O)OC)cc1Cl. The monoisotopic (exact) mass is 363 g/mol. The van der Waals surface area contributed by atoms with E-state index in [-0.39, 0.29) is 22.2 Å². The standard InChI is InChI=1S/C18H18ClNO5/c1-4-25-15-8-6-5-7-11(15)17(21)20-14-10-16(23-2)12(9-13(14)19)18(22)24-3/h5-10H,4H2,1-3H3,(H,20,21). The third-order valence-electron chi connectivity index (χ3n) is 3.37. The first-order valence-corrected chi connectivity index (χ1v) is 7.88. The van der Waals surface area contributed by atoms with Crippen LogP contribution in [-0.4, -0.2) is 32.7 Å². The molecule has 0 atom stereocenters. The zero-order chi connectivity index (χ0) is 18.4. The first kappa shape index (κ1) is 18.6. The van der Waals surface area contributed by atoms with E-state index in [1.54, 1.807) is 24.3 Å². The van der Waals surface area contributed by atoms with E-state index in [0.29, 0.717) is 23.6 Å². The van der Waals surface area contributed by atoms with E-state index in [1.807, 2.05) is 6.92 Å². The molecule has 1 N–H and O–H groups in total. The van der Waals surface area contributed by atoms with Gasteiger partial charge in [-0.15, -0.1) is 0 Å². The minimum Gasteiger partial charge on any atom is -0.496 e. The maximum Gasteiger partial charge on any atom is 0.341 e. The second-order valence-corrected chi connectivity index (χ2v) is 5.31. The highest BCUT2D eigenvalue weighted by molar-refractivity contribution is 6.34. The number of anilines is 1. The van der Waals surface area contributed by atoms with Gasteiger partial charge in [0.25, 0.3) is 5.91 Å². The Morgan fingerprint density at radius 3 is 2.44 bits per heavy atom. The number of halogens is 1. The summed E-state index contributed by atoms with van der Waals surface area (Å²) in [6, 6.07) is 9.73. The molecule has 0 aromatic heterocycles. The van der Waals surface area contributed by atoms with E-state index >= 15 is 0 Å². The topological polar surface area (TPSA) is 73.9 Å². The van der Waals surface area contributed by atoms with E-state index in [0.717, 1.165) is 0 Å². The Morgan fingerprint density at radius 1 is 1.08 bits per heavy atom. The maximum absolute atomic E-state index is 12.6. The summed E-state index contributed by atoms with van der Waals surface area (Å²) in [4.78, 5) is 24.3. The van der Waals surface area contributed by atoms with Crippen molar-refractivity contribution in [2.45, 2.75) is 6.92 Å². The molecule has 2 rings (SSSR count). The largest absolute Gasteiger partial charge is 0.496 e. The molecule has 0 fully saturated rings. The summed E-state index contributed by atoms with van der Waals surface area (Å²) < 4.78 is 15.3. The molecule has 0 aliphatic rings. The Labute approximate surface area is 150 Å². The fourth-order valence-corrected chi connectivity index (χ4v) is 2.42. The van der Waals surface area contributed by atoms with E-state index in [9.17, 15) is 9.59 Å². The number of hydrogen-bond acceptors (Lipinski definition) is 5. The molecule has 0 unspecified atom stereocenters. The summed E-state index contributed by atoms with van der Waals surface area (Å²) in [7, 11) is 2.67. The van der Waals surface area contributed by atoms with E-state index in [2.05, 4.69) is 10.1 Å². The zero-order valence-electron chi connectivity index (χ0n) is 14.1. The molecule has 2 aromatic carbocycles. The quantitative estimate of drug-likeness (QED) is 0.790. The lowest BCUT2D eigenvalue weighted by atomic mass is 10.1. The average molecular weight is 364 g/mol. The summed E-state index contributed by atoms with van der Waals surface area (Å²) in [6.45, 7) is 2.27. The van der Waals surface area contributed by atoms with Crippen LogP contribution in [-0.2, 0) is 4.74 Å². The van der Waals surface area contributed by atoms with E-state index < -0.39 is 5.97 Å². The highest BCUT2D eigenvalue weighted by atomic mass is 35.5. The molecule has 6 nitrogen and oxygen atoms in total. The number of benzene rings is 2. The van der Waals surface area contributed by atoms with Crippen molar-refractivity contribution < 1.29 is 23.8 Å². The molecule has 0 saturated carbocycles. The molecule has 0 saturated heterocycles. The Hall–Kier alpha value is -2.73. The molecule has 132 valence electrons. The minimum absolute atomic E-state index is 0.169. The molecule has 0 spiro atoms. The molecule has 2 aromatic rings. The number of hydrogen-bond donors (Lipinski definition) is 1. The van der Waals surface area contributed by atoms with Crippen LogP contribution in [0.5, 0.6) is 11.5 Å². The average Bonchev–Trinajstić information content (AvgIpc) is 2.63. The summed E-state index contributed by atoms with van der Waals surface area (Å²) in [5.74, 6) is -0.265. The van der Waals surface area contributed by atoms with Crippen molar-refractivity contribution in [1.29, 1.82) is 0 Å². The number of carbonyl (C=O) groups excluding carboxylic acids is 2. The van der Waals surface area contributed by atoms with Crippen LogP contribution in [0.25, 0.3) is 0 Å². The number of rotatable bonds is 6. The van der Waals surface area contributed by atoms with Crippen LogP contribution < -0.4 is 14.8 Å². The van der Waals surface area contributed by atoms with Crippen LogP contribution in [0, 0.1) is 0 Å². The van der Waals surface area contributed by atoms with Gasteiger partial charge >= 0.3 is 5.97 Å². The molecule has 0 heterocycles. The fraction of sp³-hybridized carbons (Fsp3) is 0.222. The lowest BCUT2D eigenvalue weighted by Gasteiger charge is -2.14. The number of methoxy groups -OCH3 is 2. The molecule has 25 heavy (non-hydrogen) atoms. The van der Waals surface area contributed by atoms with Gasteiger partial charge in [0.05, 0.1) is 37.1 Å². The highest BCUT2D eigenvalue weighted by Crippen LogP contribution is 2.32. The Balaban J connectivity index is 2.34. The van der Waals surface area contributed by atoms with Crippen molar-refractivity contribution in [2.24, 2.45) is 0 Å². The van der Waals surface area contributed by atoms with Crippen molar-refractivity contribution in [3.63, 3.8) is 0 Å². The molecular formula is C18H18ClNO5. The van der Waals surface area contributed by atoms with Gasteiger partial charge in [0.2, 0.25) is 0 Å².